The van der Waals surface area contributed by atoms with Gasteiger partial charge in [0.2, 0.25) is 0 Å². The van der Waals surface area contributed by atoms with E-state index in [1.807, 2.05) is 18.2 Å². The number of benzene rings is 2. The van der Waals surface area contributed by atoms with Crippen molar-refractivity contribution in [3.8, 4) is 5.75 Å². The first kappa shape index (κ1) is 17.5. The van der Waals surface area contributed by atoms with E-state index in [4.69, 9.17) is 9.84 Å². The van der Waals surface area contributed by atoms with Gasteiger partial charge in [-0.1, -0.05) is 42.5 Å². The average molecular weight is 339 g/mol. The molecule has 0 aliphatic carbocycles. The first-order valence-corrected chi connectivity index (χ1v) is 8.89. The molecular weight excluding hydrogens is 314 g/mol. The largest absolute Gasteiger partial charge is 0.492 e. The van der Waals surface area contributed by atoms with E-state index in [2.05, 4.69) is 41.3 Å². The summed E-state index contributed by atoms with van der Waals surface area (Å²) in [5.41, 5.74) is 2.58. The van der Waals surface area contributed by atoms with Gasteiger partial charge in [0.15, 0.2) is 0 Å². The summed E-state index contributed by atoms with van der Waals surface area (Å²) < 4.78 is 5.83. The summed E-state index contributed by atoms with van der Waals surface area (Å²) in [5, 5.41) is 8.86. The van der Waals surface area contributed by atoms with Gasteiger partial charge < -0.3 is 9.84 Å². The Labute approximate surface area is 149 Å². The topological polar surface area (TPSA) is 49.8 Å². The number of aliphatic carboxylic acids is 1. The third-order valence-electron chi connectivity index (χ3n) is 4.68. The number of carbonyl (C=O) groups is 1. The fraction of sp³-hybridized carbons (Fsp3) is 0.381. The lowest BCUT2D eigenvalue weighted by Crippen LogP contribution is -2.26. The van der Waals surface area contributed by atoms with E-state index in [-0.39, 0.29) is 12.3 Å². The molecule has 0 aromatic heterocycles. The van der Waals surface area contributed by atoms with Crippen molar-refractivity contribution >= 4 is 5.97 Å². The van der Waals surface area contributed by atoms with Crippen LogP contribution in [0.2, 0.25) is 0 Å². The number of likely N-dealkylation sites (tertiary alicyclic amines) is 1. The predicted octanol–water partition coefficient (Wildman–Crippen LogP) is 3.45. The van der Waals surface area contributed by atoms with Gasteiger partial charge in [-0.2, -0.15) is 0 Å². The minimum Gasteiger partial charge on any atom is -0.492 e. The van der Waals surface area contributed by atoms with Crippen molar-refractivity contribution < 1.29 is 14.6 Å². The van der Waals surface area contributed by atoms with Crippen LogP contribution in [0.1, 0.15) is 24.0 Å². The fourth-order valence-corrected chi connectivity index (χ4v) is 3.36. The molecule has 1 fully saturated rings. The molecule has 3 rings (SSSR count). The van der Waals surface area contributed by atoms with E-state index in [0.717, 1.165) is 38.2 Å². The molecule has 0 radical (unpaired) electrons. The van der Waals surface area contributed by atoms with Crippen LogP contribution in [0.4, 0.5) is 0 Å². The molecule has 4 heteroatoms. The summed E-state index contributed by atoms with van der Waals surface area (Å²) in [4.78, 5) is 13.0. The number of hydrogen-bond donors (Lipinski definition) is 1. The quantitative estimate of drug-likeness (QED) is 0.800. The molecule has 0 saturated carbocycles. The minimum absolute atomic E-state index is 0.278. The lowest BCUT2D eigenvalue weighted by Gasteiger charge is -2.16. The summed E-state index contributed by atoms with van der Waals surface area (Å²) in [5.74, 6) is 0.478. The maximum Gasteiger partial charge on any atom is 0.303 e. The van der Waals surface area contributed by atoms with Crippen LogP contribution in [0.25, 0.3) is 0 Å². The second-order valence-electron chi connectivity index (χ2n) is 6.71. The van der Waals surface area contributed by atoms with Crippen LogP contribution in [-0.2, 0) is 11.2 Å². The predicted molar refractivity (Wildman–Crippen MR) is 98.0 cm³/mol. The summed E-state index contributed by atoms with van der Waals surface area (Å²) in [7, 11) is 0. The zero-order valence-corrected chi connectivity index (χ0v) is 14.4. The molecule has 1 aliphatic heterocycles. The molecule has 0 bridgehead atoms. The van der Waals surface area contributed by atoms with Gasteiger partial charge in [0.25, 0.3) is 0 Å². The Balaban J connectivity index is 1.40. The van der Waals surface area contributed by atoms with Gasteiger partial charge in [-0.3, -0.25) is 9.69 Å². The van der Waals surface area contributed by atoms with Gasteiger partial charge in [-0.25, -0.2) is 0 Å². The molecule has 2 aromatic carbocycles. The Kier molecular flexibility index (Phi) is 6.07. The highest BCUT2D eigenvalue weighted by molar-refractivity contribution is 5.67. The lowest BCUT2D eigenvalue weighted by molar-refractivity contribution is -0.138. The van der Waals surface area contributed by atoms with Crippen LogP contribution in [0.3, 0.4) is 0 Å². The van der Waals surface area contributed by atoms with Gasteiger partial charge in [-0.05, 0) is 48.6 Å². The summed E-state index contributed by atoms with van der Waals surface area (Å²) in [6.45, 7) is 3.32. The Morgan fingerprint density at radius 3 is 2.52 bits per heavy atom. The molecule has 2 aromatic rings. The standard InChI is InChI=1S/C21H25NO3/c23-21(24)15-19-10-11-22(16-19)12-13-25-20-8-6-18(7-9-20)14-17-4-2-1-3-5-17/h1-9,19H,10-16H2,(H,23,24). The molecule has 0 spiro atoms. The fourth-order valence-electron chi connectivity index (χ4n) is 3.36. The molecule has 4 nitrogen and oxygen atoms in total. The van der Waals surface area contributed by atoms with Crippen LogP contribution >= 0.6 is 0 Å². The SMILES string of the molecule is O=C(O)CC1CCN(CCOc2ccc(Cc3ccccc3)cc2)C1. The Morgan fingerprint density at radius 2 is 1.80 bits per heavy atom. The van der Waals surface area contributed by atoms with Crippen LogP contribution in [-0.4, -0.2) is 42.2 Å². The van der Waals surface area contributed by atoms with Crippen molar-refractivity contribution in [2.75, 3.05) is 26.2 Å². The molecule has 1 N–H and O–H groups in total. The van der Waals surface area contributed by atoms with Crippen molar-refractivity contribution in [1.82, 2.24) is 4.90 Å². The summed E-state index contributed by atoms with van der Waals surface area (Å²) in [6, 6.07) is 18.7. The number of rotatable bonds is 8. The zero-order chi connectivity index (χ0) is 17.5. The molecule has 132 valence electrons. The molecule has 0 amide bonds. The van der Waals surface area contributed by atoms with Crippen LogP contribution in [0, 0.1) is 5.92 Å². The Hall–Kier alpha value is -2.33. The Morgan fingerprint density at radius 1 is 1.08 bits per heavy atom. The second kappa shape index (κ2) is 8.67. The highest BCUT2D eigenvalue weighted by Gasteiger charge is 2.23. The number of hydrogen-bond acceptors (Lipinski definition) is 3. The third-order valence-corrected chi connectivity index (χ3v) is 4.68. The first-order valence-electron chi connectivity index (χ1n) is 8.89. The number of carboxylic acid groups (broad SMARTS) is 1. The number of carboxylic acids is 1. The minimum atomic E-state index is -0.696. The van der Waals surface area contributed by atoms with Crippen molar-refractivity contribution in [2.45, 2.75) is 19.3 Å². The maximum absolute atomic E-state index is 10.8. The van der Waals surface area contributed by atoms with Crippen molar-refractivity contribution in [3.05, 3.63) is 65.7 Å². The van der Waals surface area contributed by atoms with Gasteiger partial charge in [0.1, 0.15) is 12.4 Å². The van der Waals surface area contributed by atoms with E-state index >= 15 is 0 Å². The maximum atomic E-state index is 10.8. The van der Waals surface area contributed by atoms with Crippen molar-refractivity contribution in [3.63, 3.8) is 0 Å². The highest BCUT2D eigenvalue weighted by atomic mass is 16.5. The van der Waals surface area contributed by atoms with E-state index < -0.39 is 5.97 Å². The van der Waals surface area contributed by atoms with Crippen molar-refractivity contribution in [1.29, 1.82) is 0 Å². The molecule has 1 heterocycles. The van der Waals surface area contributed by atoms with E-state index in [1.165, 1.54) is 11.1 Å². The van der Waals surface area contributed by atoms with Crippen LogP contribution in [0.5, 0.6) is 5.75 Å². The molecule has 25 heavy (non-hydrogen) atoms. The normalized spacial score (nSPS) is 17.5. The average Bonchev–Trinajstić information content (AvgIpc) is 3.04. The van der Waals surface area contributed by atoms with Crippen LogP contribution < -0.4 is 4.74 Å². The van der Waals surface area contributed by atoms with Gasteiger partial charge in [0.05, 0.1) is 0 Å². The van der Waals surface area contributed by atoms with Gasteiger partial charge in [-0.15, -0.1) is 0 Å². The van der Waals surface area contributed by atoms with Gasteiger partial charge >= 0.3 is 5.97 Å². The molecule has 1 aliphatic rings. The first-order chi connectivity index (χ1) is 12.2. The monoisotopic (exact) mass is 339 g/mol. The molecule has 1 unspecified atom stereocenters. The summed E-state index contributed by atoms with van der Waals surface area (Å²) >= 11 is 0. The number of nitrogens with zero attached hydrogens (tertiary/aromatic N) is 1. The third kappa shape index (κ3) is 5.61. The van der Waals surface area contributed by atoms with E-state index in [1.54, 1.807) is 0 Å². The summed E-state index contributed by atoms with van der Waals surface area (Å²) in [6.07, 6.45) is 2.18. The van der Waals surface area contributed by atoms with Crippen molar-refractivity contribution in [2.24, 2.45) is 5.92 Å². The molecule has 1 saturated heterocycles. The smallest absolute Gasteiger partial charge is 0.303 e. The lowest BCUT2D eigenvalue weighted by atomic mass is 10.1. The number of ether oxygens (including phenoxy) is 1. The van der Waals surface area contributed by atoms with E-state index in [9.17, 15) is 4.79 Å². The molecule has 1 atom stereocenters. The van der Waals surface area contributed by atoms with Crippen LogP contribution in [0.15, 0.2) is 54.6 Å². The highest BCUT2D eigenvalue weighted by Crippen LogP contribution is 2.19. The zero-order valence-electron chi connectivity index (χ0n) is 14.4. The molecular formula is C21H25NO3. The second-order valence-corrected chi connectivity index (χ2v) is 6.71. The Bertz CT molecular complexity index is 669. The van der Waals surface area contributed by atoms with Gasteiger partial charge in [0, 0.05) is 19.5 Å². The van der Waals surface area contributed by atoms with E-state index in [0.29, 0.717) is 6.61 Å².